The maximum atomic E-state index is 12.6. The van der Waals surface area contributed by atoms with Gasteiger partial charge in [0.25, 0.3) is 0 Å². The van der Waals surface area contributed by atoms with Crippen molar-refractivity contribution in [3.8, 4) is 0 Å². The maximum Gasteiger partial charge on any atom is 0.433 e. The van der Waals surface area contributed by atoms with Gasteiger partial charge in [0.15, 0.2) is 0 Å². The molecule has 6 heteroatoms. The number of hydrogen-bond donors (Lipinski definition) is 0. The molecule has 1 aliphatic rings. The van der Waals surface area contributed by atoms with E-state index in [4.69, 9.17) is 4.74 Å². The molecule has 19 heavy (non-hydrogen) atoms. The van der Waals surface area contributed by atoms with Crippen LogP contribution in [0.1, 0.15) is 12.6 Å². The molecule has 2 heterocycles. The van der Waals surface area contributed by atoms with Gasteiger partial charge in [-0.2, -0.15) is 13.2 Å². The van der Waals surface area contributed by atoms with Crippen molar-refractivity contribution in [2.75, 3.05) is 18.1 Å². The first-order valence-electron chi connectivity index (χ1n) is 5.82. The van der Waals surface area contributed by atoms with Crippen LogP contribution < -0.4 is 4.90 Å². The average Bonchev–Trinajstić information content (AvgIpc) is 2.39. The molecular formula is C13H13F3N2O. The van der Waals surface area contributed by atoms with E-state index in [1.165, 1.54) is 12.1 Å². The van der Waals surface area contributed by atoms with Crippen LogP contribution in [0.5, 0.6) is 0 Å². The van der Waals surface area contributed by atoms with E-state index < -0.39 is 11.9 Å². The van der Waals surface area contributed by atoms with Crippen molar-refractivity contribution in [1.29, 1.82) is 0 Å². The summed E-state index contributed by atoms with van der Waals surface area (Å²) in [5, 5.41) is 0. The smallest absolute Gasteiger partial charge is 0.433 e. The zero-order chi connectivity index (χ0) is 13.9. The van der Waals surface area contributed by atoms with E-state index in [0.29, 0.717) is 18.9 Å². The Bertz CT molecular complexity index is 509. The first-order chi connectivity index (χ1) is 9.00. The van der Waals surface area contributed by atoms with Gasteiger partial charge in [0.2, 0.25) is 0 Å². The van der Waals surface area contributed by atoms with E-state index in [-0.39, 0.29) is 5.82 Å². The lowest BCUT2D eigenvalue weighted by atomic mass is 10.3. The topological polar surface area (TPSA) is 25.4 Å². The van der Waals surface area contributed by atoms with Gasteiger partial charge in [-0.3, -0.25) is 0 Å². The molecule has 3 nitrogen and oxygen atoms in total. The Labute approximate surface area is 109 Å². The minimum absolute atomic E-state index is 0.247. The van der Waals surface area contributed by atoms with Crippen molar-refractivity contribution < 1.29 is 17.9 Å². The second-order valence-corrected chi connectivity index (χ2v) is 3.91. The summed E-state index contributed by atoms with van der Waals surface area (Å²) in [5.74, 6) is 0.945. The zero-order valence-electron chi connectivity index (χ0n) is 10.3. The molecule has 102 valence electrons. The van der Waals surface area contributed by atoms with Crippen LogP contribution in [-0.4, -0.2) is 18.1 Å². The second kappa shape index (κ2) is 5.34. The van der Waals surface area contributed by atoms with E-state index in [2.05, 4.69) is 4.98 Å². The van der Waals surface area contributed by atoms with E-state index >= 15 is 0 Å². The lowest BCUT2D eigenvalue weighted by Gasteiger charge is -2.24. The Morgan fingerprint density at radius 1 is 1.37 bits per heavy atom. The van der Waals surface area contributed by atoms with Gasteiger partial charge in [0.05, 0.1) is 13.2 Å². The number of hydrogen-bond acceptors (Lipinski definition) is 3. The number of aromatic nitrogens is 1. The van der Waals surface area contributed by atoms with Crippen LogP contribution in [0.2, 0.25) is 0 Å². The number of anilines is 1. The minimum atomic E-state index is -4.44. The summed E-state index contributed by atoms with van der Waals surface area (Å²) in [5.41, 5.74) is -0.897. The van der Waals surface area contributed by atoms with Crippen LogP contribution in [0, 0.1) is 0 Å². The fraction of sp³-hybridized carbons (Fsp3) is 0.308. The first-order valence-corrected chi connectivity index (χ1v) is 5.82. The van der Waals surface area contributed by atoms with E-state index in [1.54, 1.807) is 23.3 Å². The monoisotopic (exact) mass is 270 g/mol. The Kier molecular flexibility index (Phi) is 3.78. The van der Waals surface area contributed by atoms with Crippen molar-refractivity contribution in [2.24, 2.45) is 0 Å². The molecule has 0 unspecified atom stereocenters. The molecule has 0 saturated heterocycles. The predicted octanol–water partition coefficient (Wildman–Crippen LogP) is 3.35. The minimum Gasteiger partial charge on any atom is -0.496 e. The van der Waals surface area contributed by atoms with E-state index in [9.17, 15) is 13.2 Å². The predicted molar refractivity (Wildman–Crippen MR) is 65.4 cm³/mol. The number of nitrogens with zero attached hydrogens (tertiary/aromatic N) is 2. The molecule has 0 N–H and O–H groups in total. The molecule has 0 bridgehead atoms. The molecule has 1 aliphatic heterocycles. The summed E-state index contributed by atoms with van der Waals surface area (Å²) in [6, 6.07) is 3.84. The molecule has 0 radical (unpaired) electrons. The fourth-order valence-corrected chi connectivity index (χ4v) is 1.71. The summed E-state index contributed by atoms with van der Waals surface area (Å²) in [6.07, 6.45) is 0.739. The van der Waals surface area contributed by atoms with Crippen LogP contribution in [-0.2, 0) is 10.9 Å². The average molecular weight is 270 g/mol. The van der Waals surface area contributed by atoms with Crippen molar-refractivity contribution in [1.82, 2.24) is 4.98 Å². The number of rotatable bonds is 3. The zero-order valence-corrected chi connectivity index (χ0v) is 10.3. The van der Waals surface area contributed by atoms with Gasteiger partial charge in [-0.25, -0.2) is 4.98 Å². The van der Waals surface area contributed by atoms with Gasteiger partial charge in [-0.1, -0.05) is 6.07 Å². The number of allylic oxidation sites excluding steroid dienone is 2. The van der Waals surface area contributed by atoms with Gasteiger partial charge in [-0.15, -0.1) is 0 Å². The quantitative estimate of drug-likeness (QED) is 0.842. The third kappa shape index (κ3) is 3.27. The molecule has 1 aromatic heterocycles. The van der Waals surface area contributed by atoms with Crippen molar-refractivity contribution in [3.63, 3.8) is 0 Å². The summed E-state index contributed by atoms with van der Waals surface area (Å²) < 4.78 is 43.1. The van der Waals surface area contributed by atoms with Crippen molar-refractivity contribution >= 4 is 5.82 Å². The molecule has 0 atom stereocenters. The second-order valence-electron chi connectivity index (χ2n) is 3.91. The maximum absolute atomic E-state index is 12.6. The number of ether oxygens (including phenoxy) is 1. The molecule has 2 rings (SSSR count). The largest absolute Gasteiger partial charge is 0.496 e. The number of pyridine rings is 1. The third-order valence-electron chi connectivity index (χ3n) is 2.52. The van der Waals surface area contributed by atoms with Gasteiger partial charge < -0.3 is 9.64 Å². The normalized spacial score (nSPS) is 15.4. The fourth-order valence-electron chi connectivity index (χ4n) is 1.71. The Hall–Kier alpha value is -1.98. The summed E-state index contributed by atoms with van der Waals surface area (Å²) in [6.45, 7) is 2.74. The molecule has 1 aromatic rings. The lowest BCUT2D eigenvalue weighted by Crippen LogP contribution is -2.24. The molecule has 0 saturated carbocycles. The standard InChI is InChI=1S/C13H13F3N2O/c1-2-19-10-5-4-8-18(9-10)12-7-3-6-11(17-12)13(14,15)16/h3-8H,2,9H2,1H3. The number of alkyl halides is 3. The van der Waals surface area contributed by atoms with Gasteiger partial charge in [0, 0.05) is 6.20 Å². The molecule has 0 spiro atoms. The molecule has 0 amide bonds. The van der Waals surface area contributed by atoms with Gasteiger partial charge in [-0.05, 0) is 31.2 Å². The number of halogens is 3. The van der Waals surface area contributed by atoms with Crippen LogP contribution >= 0.6 is 0 Å². The first kappa shape index (κ1) is 13.5. The highest BCUT2D eigenvalue weighted by Crippen LogP contribution is 2.29. The van der Waals surface area contributed by atoms with E-state index in [0.717, 1.165) is 6.07 Å². The molecule has 0 aliphatic carbocycles. The highest BCUT2D eigenvalue weighted by Gasteiger charge is 2.32. The van der Waals surface area contributed by atoms with Crippen LogP contribution in [0.25, 0.3) is 0 Å². The Morgan fingerprint density at radius 3 is 2.84 bits per heavy atom. The van der Waals surface area contributed by atoms with Crippen LogP contribution in [0.4, 0.5) is 19.0 Å². The van der Waals surface area contributed by atoms with E-state index in [1.807, 2.05) is 6.92 Å². The lowest BCUT2D eigenvalue weighted by molar-refractivity contribution is -0.141. The highest BCUT2D eigenvalue weighted by atomic mass is 19.4. The molecule has 0 aromatic carbocycles. The third-order valence-corrected chi connectivity index (χ3v) is 2.52. The molecular weight excluding hydrogens is 257 g/mol. The van der Waals surface area contributed by atoms with Crippen LogP contribution in [0.15, 0.2) is 42.3 Å². The van der Waals surface area contributed by atoms with Gasteiger partial charge >= 0.3 is 6.18 Å². The Balaban J connectivity index is 2.20. The van der Waals surface area contributed by atoms with Crippen LogP contribution in [0.3, 0.4) is 0 Å². The van der Waals surface area contributed by atoms with Crippen molar-refractivity contribution in [2.45, 2.75) is 13.1 Å². The summed E-state index contributed by atoms with van der Waals surface area (Å²) >= 11 is 0. The molecule has 0 fully saturated rings. The summed E-state index contributed by atoms with van der Waals surface area (Å²) in [4.78, 5) is 5.24. The SMILES string of the molecule is CCOC1=CC=CN(c2cccc(C(F)(F)F)n2)C1. The Morgan fingerprint density at radius 2 is 2.16 bits per heavy atom. The summed E-state index contributed by atoms with van der Waals surface area (Å²) in [7, 11) is 0. The highest BCUT2D eigenvalue weighted by molar-refractivity contribution is 5.46. The van der Waals surface area contributed by atoms with Gasteiger partial charge in [0.1, 0.15) is 17.3 Å². The van der Waals surface area contributed by atoms with Crippen molar-refractivity contribution in [3.05, 3.63) is 48.0 Å².